The zero-order chi connectivity index (χ0) is 19.2. The van der Waals surface area contributed by atoms with Crippen LogP contribution in [0.1, 0.15) is 36.5 Å². The van der Waals surface area contributed by atoms with E-state index in [1.165, 1.54) is 16.7 Å². The quantitative estimate of drug-likeness (QED) is 0.645. The van der Waals surface area contributed by atoms with Crippen LogP contribution >= 0.6 is 11.6 Å². The largest absolute Gasteiger partial charge is 0.495 e. The molecule has 27 heavy (non-hydrogen) atoms. The molecule has 0 saturated heterocycles. The highest BCUT2D eigenvalue weighted by Gasteiger charge is 2.34. The third-order valence-electron chi connectivity index (χ3n) is 5.02. The van der Waals surface area contributed by atoms with Crippen LogP contribution in [0.2, 0.25) is 5.02 Å². The van der Waals surface area contributed by atoms with Crippen molar-refractivity contribution in [1.29, 1.82) is 0 Å². The van der Waals surface area contributed by atoms with Crippen LogP contribution in [0.3, 0.4) is 0 Å². The Morgan fingerprint density at radius 3 is 2.56 bits per heavy atom. The fraction of sp³-hybridized carbons (Fsp3) is 0.455. The van der Waals surface area contributed by atoms with Crippen LogP contribution in [-0.2, 0) is 15.9 Å². The number of rotatable bonds is 9. The van der Waals surface area contributed by atoms with Crippen LogP contribution in [0, 0.1) is 0 Å². The molecule has 1 aliphatic rings. The summed E-state index contributed by atoms with van der Waals surface area (Å²) in [7, 11) is 1.65. The van der Waals surface area contributed by atoms with Crippen LogP contribution in [0.4, 0.5) is 0 Å². The summed E-state index contributed by atoms with van der Waals surface area (Å²) in [5.41, 5.74) is 3.92. The van der Waals surface area contributed by atoms with Crippen molar-refractivity contribution < 1.29 is 14.2 Å². The lowest BCUT2D eigenvalue weighted by atomic mass is 9.90. The Balaban J connectivity index is 1.85. The van der Waals surface area contributed by atoms with Gasteiger partial charge in [0.15, 0.2) is 6.29 Å². The van der Waals surface area contributed by atoms with Gasteiger partial charge in [-0.1, -0.05) is 41.9 Å². The van der Waals surface area contributed by atoms with E-state index in [4.69, 9.17) is 25.8 Å². The Kier molecular flexibility index (Phi) is 7.13. The minimum absolute atomic E-state index is 0.232. The molecule has 0 unspecified atom stereocenters. The van der Waals surface area contributed by atoms with Crippen molar-refractivity contribution in [1.82, 2.24) is 5.32 Å². The van der Waals surface area contributed by atoms with E-state index in [0.29, 0.717) is 30.5 Å². The molecule has 2 aromatic rings. The third kappa shape index (κ3) is 4.64. The zero-order valence-corrected chi connectivity index (χ0v) is 17.0. The van der Waals surface area contributed by atoms with Crippen LogP contribution in [-0.4, -0.2) is 39.2 Å². The summed E-state index contributed by atoms with van der Waals surface area (Å²) in [6.45, 7) is 5.89. The number of methoxy groups -OCH3 is 1. The first-order valence-corrected chi connectivity index (χ1v) is 9.93. The summed E-state index contributed by atoms with van der Waals surface area (Å²) in [5, 5.41) is 4.30. The van der Waals surface area contributed by atoms with E-state index in [1.54, 1.807) is 7.11 Å². The van der Waals surface area contributed by atoms with Crippen molar-refractivity contribution in [2.45, 2.75) is 38.5 Å². The molecule has 1 N–H and O–H groups in total. The highest BCUT2D eigenvalue weighted by molar-refractivity contribution is 6.32. The van der Waals surface area contributed by atoms with Gasteiger partial charge in [0, 0.05) is 31.7 Å². The SMILES string of the molecule is CCOC(CN[C@@H]1Cc2ccccc2[C@H]1c1ccc(Cl)c(OC)c1)OCC. The molecule has 0 aromatic heterocycles. The van der Waals surface area contributed by atoms with Crippen LogP contribution in [0.25, 0.3) is 0 Å². The molecule has 5 heteroatoms. The second kappa shape index (κ2) is 9.56. The van der Waals surface area contributed by atoms with Gasteiger partial charge in [0.1, 0.15) is 5.75 Å². The summed E-state index contributed by atoms with van der Waals surface area (Å²) in [6.07, 6.45) is 0.737. The first-order chi connectivity index (χ1) is 13.2. The molecule has 2 atom stereocenters. The molecule has 0 saturated carbocycles. The van der Waals surface area contributed by atoms with E-state index in [2.05, 4.69) is 35.6 Å². The van der Waals surface area contributed by atoms with Crippen LogP contribution in [0.15, 0.2) is 42.5 Å². The molecular weight excluding hydrogens is 362 g/mol. The lowest BCUT2D eigenvalue weighted by Crippen LogP contribution is -2.40. The van der Waals surface area contributed by atoms with Gasteiger partial charge in [-0.2, -0.15) is 0 Å². The van der Waals surface area contributed by atoms with E-state index in [9.17, 15) is 0 Å². The maximum Gasteiger partial charge on any atom is 0.169 e. The first-order valence-electron chi connectivity index (χ1n) is 9.55. The summed E-state index contributed by atoms with van der Waals surface area (Å²) in [6, 6.07) is 14.9. The Morgan fingerprint density at radius 1 is 1.11 bits per heavy atom. The fourth-order valence-corrected chi connectivity index (χ4v) is 4.05. The topological polar surface area (TPSA) is 39.7 Å². The molecule has 1 aliphatic carbocycles. The number of hydrogen-bond donors (Lipinski definition) is 1. The molecule has 0 bridgehead atoms. The monoisotopic (exact) mass is 389 g/mol. The van der Waals surface area contributed by atoms with Crippen LogP contribution < -0.4 is 10.1 Å². The van der Waals surface area contributed by atoms with E-state index >= 15 is 0 Å². The number of fused-ring (bicyclic) bond motifs is 1. The Labute approximate surface area is 166 Å². The highest BCUT2D eigenvalue weighted by atomic mass is 35.5. The lowest BCUT2D eigenvalue weighted by Gasteiger charge is -2.25. The van der Waals surface area contributed by atoms with Crippen LogP contribution in [0.5, 0.6) is 5.75 Å². The average molecular weight is 390 g/mol. The van der Waals surface area contributed by atoms with Gasteiger partial charge in [0.25, 0.3) is 0 Å². The van der Waals surface area contributed by atoms with Gasteiger partial charge in [-0.25, -0.2) is 0 Å². The van der Waals surface area contributed by atoms with Crippen molar-refractivity contribution in [3.8, 4) is 5.75 Å². The number of benzene rings is 2. The first kappa shape index (κ1) is 20.2. The van der Waals surface area contributed by atoms with E-state index < -0.39 is 0 Å². The van der Waals surface area contributed by atoms with E-state index in [1.807, 2.05) is 26.0 Å². The van der Waals surface area contributed by atoms with E-state index in [-0.39, 0.29) is 18.2 Å². The minimum Gasteiger partial charge on any atom is -0.495 e. The molecule has 2 aromatic carbocycles. The summed E-state index contributed by atoms with van der Waals surface area (Å²) < 4.78 is 16.8. The predicted molar refractivity (Wildman–Crippen MR) is 109 cm³/mol. The van der Waals surface area contributed by atoms with Gasteiger partial charge >= 0.3 is 0 Å². The van der Waals surface area contributed by atoms with Gasteiger partial charge in [0.05, 0.1) is 12.1 Å². The predicted octanol–water partition coefficient (Wildman–Crippen LogP) is 4.39. The zero-order valence-electron chi connectivity index (χ0n) is 16.2. The Morgan fingerprint density at radius 2 is 1.85 bits per heavy atom. The van der Waals surface area contributed by atoms with Crippen molar-refractivity contribution in [2.24, 2.45) is 0 Å². The summed E-state index contributed by atoms with van der Waals surface area (Å²) in [5.74, 6) is 0.940. The van der Waals surface area contributed by atoms with Crippen molar-refractivity contribution in [2.75, 3.05) is 26.9 Å². The fourth-order valence-electron chi connectivity index (χ4n) is 3.85. The highest BCUT2D eigenvalue weighted by Crippen LogP contribution is 2.40. The van der Waals surface area contributed by atoms with Crippen molar-refractivity contribution in [3.63, 3.8) is 0 Å². The molecule has 0 radical (unpaired) electrons. The van der Waals surface area contributed by atoms with Crippen molar-refractivity contribution >= 4 is 11.6 Å². The molecule has 0 amide bonds. The number of nitrogens with one attached hydrogen (secondary N) is 1. The summed E-state index contributed by atoms with van der Waals surface area (Å²) >= 11 is 6.24. The van der Waals surface area contributed by atoms with Gasteiger partial charge in [-0.05, 0) is 49.1 Å². The standard InChI is InChI=1S/C22H28ClNO3/c1-4-26-21(27-5-2)14-24-19-12-15-8-6-7-9-17(15)22(19)16-10-11-18(23)20(13-16)25-3/h6-11,13,19,21-22,24H,4-5,12,14H2,1-3H3/t19-,22-/m1/s1. The molecule has 0 heterocycles. The smallest absolute Gasteiger partial charge is 0.169 e. The lowest BCUT2D eigenvalue weighted by molar-refractivity contribution is -0.133. The molecule has 3 rings (SSSR count). The van der Waals surface area contributed by atoms with Crippen molar-refractivity contribution in [3.05, 3.63) is 64.2 Å². The molecule has 0 spiro atoms. The Hall–Kier alpha value is -1.59. The second-order valence-electron chi connectivity index (χ2n) is 6.63. The van der Waals surface area contributed by atoms with Gasteiger partial charge < -0.3 is 19.5 Å². The maximum atomic E-state index is 6.24. The maximum absolute atomic E-state index is 6.24. The number of ether oxygens (including phenoxy) is 3. The third-order valence-corrected chi connectivity index (χ3v) is 5.33. The Bertz CT molecular complexity index is 746. The second-order valence-corrected chi connectivity index (χ2v) is 7.04. The van der Waals surface area contributed by atoms with E-state index in [0.717, 1.165) is 6.42 Å². The van der Waals surface area contributed by atoms with Gasteiger partial charge in [-0.15, -0.1) is 0 Å². The number of halogens is 1. The summed E-state index contributed by atoms with van der Waals surface area (Å²) in [4.78, 5) is 0. The molecule has 4 nitrogen and oxygen atoms in total. The normalized spacial score (nSPS) is 18.7. The average Bonchev–Trinajstić information content (AvgIpc) is 3.05. The van der Waals surface area contributed by atoms with Gasteiger partial charge in [0.2, 0.25) is 0 Å². The minimum atomic E-state index is -0.232. The molecular formula is C22H28ClNO3. The molecule has 146 valence electrons. The molecule has 0 aliphatic heterocycles. The molecule has 0 fully saturated rings. The number of hydrogen-bond acceptors (Lipinski definition) is 4. The van der Waals surface area contributed by atoms with Gasteiger partial charge in [-0.3, -0.25) is 0 Å².